The second-order valence-electron chi connectivity index (χ2n) is 4.94. The van der Waals surface area contributed by atoms with Gasteiger partial charge in [0, 0.05) is 19.7 Å². The normalized spacial score (nSPS) is 26.5. The van der Waals surface area contributed by atoms with Gasteiger partial charge in [-0.05, 0) is 33.2 Å². The average molecular weight is 244 g/mol. The minimum absolute atomic E-state index is 0.0217. The van der Waals surface area contributed by atoms with E-state index in [2.05, 4.69) is 10.6 Å². The van der Waals surface area contributed by atoms with Gasteiger partial charge in [-0.15, -0.1) is 0 Å². The molecule has 2 N–H and O–H groups in total. The van der Waals surface area contributed by atoms with Crippen LogP contribution in [-0.2, 0) is 14.3 Å². The Labute approximate surface area is 103 Å². The fourth-order valence-corrected chi connectivity index (χ4v) is 2.00. The molecule has 0 aromatic carbocycles. The molecule has 1 aliphatic rings. The second-order valence-corrected chi connectivity index (χ2v) is 4.94. The molecule has 1 heterocycles. The predicted molar refractivity (Wildman–Crippen MR) is 65.9 cm³/mol. The minimum Gasteiger partial charge on any atom is -0.383 e. The van der Waals surface area contributed by atoms with Crippen LogP contribution < -0.4 is 10.6 Å². The number of rotatable bonds is 6. The molecular formula is C12H24N2O3. The van der Waals surface area contributed by atoms with E-state index >= 15 is 0 Å². The summed E-state index contributed by atoms with van der Waals surface area (Å²) in [5, 5.41) is 6.11. The highest BCUT2D eigenvalue weighted by Gasteiger charge is 2.28. The number of methoxy groups -OCH3 is 1. The molecule has 1 amide bonds. The van der Waals surface area contributed by atoms with Crippen LogP contribution in [0.5, 0.6) is 0 Å². The lowest BCUT2D eigenvalue weighted by Gasteiger charge is -2.34. The van der Waals surface area contributed by atoms with Crippen LogP contribution >= 0.6 is 0 Å². The Kier molecular flexibility index (Phi) is 5.88. The van der Waals surface area contributed by atoms with Gasteiger partial charge in [-0.2, -0.15) is 0 Å². The third-order valence-corrected chi connectivity index (χ3v) is 2.93. The van der Waals surface area contributed by atoms with Crippen LogP contribution in [0, 0.1) is 0 Å². The van der Waals surface area contributed by atoms with Crippen molar-refractivity contribution in [3.63, 3.8) is 0 Å². The van der Waals surface area contributed by atoms with Gasteiger partial charge in [0.25, 0.3) is 0 Å². The van der Waals surface area contributed by atoms with Crippen molar-refractivity contribution in [1.82, 2.24) is 10.6 Å². The van der Waals surface area contributed by atoms with Crippen molar-refractivity contribution < 1.29 is 14.3 Å². The smallest absolute Gasteiger partial charge is 0.246 e. The lowest BCUT2D eigenvalue weighted by molar-refractivity contribution is -0.134. The molecule has 0 spiro atoms. The van der Waals surface area contributed by atoms with Crippen molar-refractivity contribution in [1.29, 1.82) is 0 Å². The fraction of sp³-hybridized carbons (Fsp3) is 0.917. The quantitative estimate of drug-likeness (QED) is 0.705. The molecule has 100 valence electrons. The van der Waals surface area contributed by atoms with Gasteiger partial charge in [-0.25, -0.2) is 0 Å². The number of carbonyl (C=O) groups excluding carboxylic acids is 1. The number of hydrogen-bond acceptors (Lipinski definition) is 4. The second kappa shape index (κ2) is 6.93. The zero-order valence-corrected chi connectivity index (χ0v) is 11.0. The van der Waals surface area contributed by atoms with Gasteiger partial charge in [0.15, 0.2) is 0 Å². The molecule has 0 saturated carbocycles. The van der Waals surface area contributed by atoms with Crippen molar-refractivity contribution in [3.8, 4) is 0 Å². The molecule has 2 unspecified atom stereocenters. The molecule has 2 atom stereocenters. The van der Waals surface area contributed by atoms with Crippen LogP contribution in [-0.4, -0.2) is 51.0 Å². The summed E-state index contributed by atoms with van der Waals surface area (Å²) in [4.78, 5) is 11.6. The Hall–Kier alpha value is -0.650. The molecule has 5 nitrogen and oxygen atoms in total. The first-order chi connectivity index (χ1) is 8.06. The van der Waals surface area contributed by atoms with Crippen molar-refractivity contribution in [2.24, 2.45) is 0 Å². The van der Waals surface area contributed by atoms with Gasteiger partial charge < -0.3 is 20.1 Å². The molecule has 1 saturated heterocycles. The summed E-state index contributed by atoms with van der Waals surface area (Å²) < 4.78 is 10.6. The fourth-order valence-electron chi connectivity index (χ4n) is 2.00. The van der Waals surface area contributed by atoms with E-state index in [0.29, 0.717) is 6.61 Å². The molecule has 0 aromatic heterocycles. The predicted octanol–water partition coefficient (Wildman–Crippen LogP) is 0.296. The summed E-state index contributed by atoms with van der Waals surface area (Å²) in [6, 6.07) is 0.0217. The molecule has 0 bridgehead atoms. The van der Waals surface area contributed by atoms with Crippen LogP contribution in [0.3, 0.4) is 0 Å². The lowest BCUT2D eigenvalue weighted by Crippen LogP contribution is -2.47. The summed E-state index contributed by atoms with van der Waals surface area (Å²) in [7, 11) is 1.62. The molecule has 1 rings (SSSR count). The van der Waals surface area contributed by atoms with Crippen LogP contribution in [0.25, 0.3) is 0 Å². The highest BCUT2D eigenvalue weighted by atomic mass is 16.5. The molecule has 0 radical (unpaired) electrons. The molecule has 1 fully saturated rings. The number of hydrogen-bond donors (Lipinski definition) is 2. The minimum atomic E-state index is -0.208. The zero-order valence-electron chi connectivity index (χ0n) is 11.0. The topological polar surface area (TPSA) is 59.6 Å². The van der Waals surface area contributed by atoms with Crippen LogP contribution in [0.15, 0.2) is 0 Å². The molecular weight excluding hydrogens is 220 g/mol. The molecule has 1 aliphatic heterocycles. The highest BCUT2D eigenvalue weighted by Crippen LogP contribution is 2.19. The van der Waals surface area contributed by atoms with Gasteiger partial charge in [-0.3, -0.25) is 4.79 Å². The van der Waals surface area contributed by atoms with E-state index in [0.717, 1.165) is 25.9 Å². The zero-order chi connectivity index (χ0) is 12.7. The number of ether oxygens (including phenoxy) is 2. The van der Waals surface area contributed by atoms with Crippen molar-refractivity contribution in [2.75, 3.05) is 33.4 Å². The first-order valence-electron chi connectivity index (χ1n) is 6.19. The number of nitrogens with one attached hydrogen (secondary N) is 2. The number of carbonyl (C=O) groups is 1. The van der Waals surface area contributed by atoms with E-state index in [1.165, 1.54) is 0 Å². The number of piperidine rings is 1. The third-order valence-electron chi connectivity index (χ3n) is 2.93. The van der Waals surface area contributed by atoms with Gasteiger partial charge in [-0.1, -0.05) is 0 Å². The summed E-state index contributed by atoms with van der Waals surface area (Å²) >= 11 is 0. The molecule has 0 aromatic rings. The van der Waals surface area contributed by atoms with E-state index in [9.17, 15) is 4.79 Å². The Bertz CT molecular complexity index is 240. The highest BCUT2D eigenvalue weighted by molar-refractivity contribution is 5.77. The molecule has 5 heteroatoms. The maximum Gasteiger partial charge on any atom is 0.246 e. The Morgan fingerprint density at radius 3 is 2.94 bits per heavy atom. The van der Waals surface area contributed by atoms with E-state index in [1.807, 2.05) is 13.8 Å². The van der Waals surface area contributed by atoms with E-state index < -0.39 is 0 Å². The largest absolute Gasteiger partial charge is 0.383 e. The summed E-state index contributed by atoms with van der Waals surface area (Å²) in [5.74, 6) is -0.0821. The van der Waals surface area contributed by atoms with E-state index in [-0.39, 0.29) is 24.2 Å². The van der Waals surface area contributed by atoms with Gasteiger partial charge in [0.2, 0.25) is 5.91 Å². The monoisotopic (exact) mass is 244 g/mol. The van der Waals surface area contributed by atoms with Crippen molar-refractivity contribution in [2.45, 2.75) is 38.3 Å². The molecule has 17 heavy (non-hydrogen) atoms. The first kappa shape index (κ1) is 14.4. The third kappa shape index (κ3) is 5.48. The Morgan fingerprint density at radius 1 is 1.59 bits per heavy atom. The summed E-state index contributed by atoms with van der Waals surface area (Å²) in [5.41, 5.74) is -0.208. The maximum atomic E-state index is 11.6. The standard InChI is InChI=1S/C12H24N2O3/c1-10(7-16-3)14-11(15)8-17-12(2)5-4-6-13-9-12/h10,13H,4-9H2,1-3H3,(H,14,15). The van der Waals surface area contributed by atoms with Gasteiger partial charge in [0.05, 0.1) is 12.2 Å². The van der Waals surface area contributed by atoms with E-state index in [1.54, 1.807) is 7.11 Å². The van der Waals surface area contributed by atoms with Crippen LogP contribution in [0.1, 0.15) is 26.7 Å². The summed E-state index contributed by atoms with van der Waals surface area (Å²) in [6.07, 6.45) is 2.10. The van der Waals surface area contributed by atoms with Crippen LogP contribution in [0.2, 0.25) is 0 Å². The van der Waals surface area contributed by atoms with Crippen molar-refractivity contribution in [3.05, 3.63) is 0 Å². The average Bonchev–Trinajstić information content (AvgIpc) is 2.28. The van der Waals surface area contributed by atoms with E-state index in [4.69, 9.17) is 9.47 Å². The Balaban J connectivity index is 2.22. The molecule has 0 aliphatic carbocycles. The first-order valence-corrected chi connectivity index (χ1v) is 6.19. The summed E-state index contributed by atoms with van der Waals surface area (Å²) in [6.45, 7) is 6.44. The Morgan fingerprint density at radius 2 is 2.35 bits per heavy atom. The van der Waals surface area contributed by atoms with Crippen LogP contribution in [0.4, 0.5) is 0 Å². The maximum absolute atomic E-state index is 11.6. The van der Waals surface area contributed by atoms with Gasteiger partial charge >= 0.3 is 0 Å². The van der Waals surface area contributed by atoms with Crippen molar-refractivity contribution >= 4 is 5.91 Å². The SMILES string of the molecule is COCC(C)NC(=O)COC1(C)CCCNC1. The lowest BCUT2D eigenvalue weighted by atomic mass is 9.96. The van der Waals surface area contributed by atoms with Gasteiger partial charge in [0.1, 0.15) is 6.61 Å². The number of amides is 1.